The summed E-state index contributed by atoms with van der Waals surface area (Å²) in [5.41, 5.74) is 3.96. The SMILES string of the molecule is CCCCSc1nc(CC)c(-c2ccc(OC)cc2OC)nc1CC. The molecule has 0 fully saturated rings. The van der Waals surface area contributed by atoms with Crippen LogP contribution in [0.4, 0.5) is 0 Å². The van der Waals surface area contributed by atoms with E-state index < -0.39 is 0 Å². The Morgan fingerprint density at radius 1 is 0.960 bits per heavy atom. The van der Waals surface area contributed by atoms with Crippen LogP contribution in [0, 0.1) is 0 Å². The molecular weight excluding hydrogens is 332 g/mol. The van der Waals surface area contributed by atoms with Gasteiger partial charge in [-0.3, -0.25) is 0 Å². The van der Waals surface area contributed by atoms with Crippen molar-refractivity contribution in [1.82, 2.24) is 9.97 Å². The second kappa shape index (κ2) is 9.66. The number of nitrogens with zero attached hydrogens (tertiary/aromatic N) is 2. The zero-order chi connectivity index (χ0) is 18.2. The third-order valence-electron chi connectivity index (χ3n) is 4.07. The molecule has 0 amide bonds. The molecule has 2 rings (SSSR count). The molecule has 0 N–H and O–H groups in total. The highest BCUT2D eigenvalue weighted by Crippen LogP contribution is 2.35. The van der Waals surface area contributed by atoms with Crippen molar-refractivity contribution in [2.45, 2.75) is 51.5 Å². The molecular formula is C20H28N2O2S. The molecule has 0 aliphatic rings. The molecule has 0 spiro atoms. The highest BCUT2D eigenvalue weighted by Gasteiger charge is 2.17. The number of hydrogen-bond donors (Lipinski definition) is 0. The van der Waals surface area contributed by atoms with Crippen molar-refractivity contribution in [2.24, 2.45) is 0 Å². The summed E-state index contributed by atoms with van der Waals surface area (Å²) in [5, 5.41) is 1.07. The Hall–Kier alpha value is -1.75. The zero-order valence-corrected chi connectivity index (χ0v) is 16.7. The summed E-state index contributed by atoms with van der Waals surface area (Å²) >= 11 is 1.82. The molecule has 0 saturated carbocycles. The summed E-state index contributed by atoms with van der Waals surface area (Å²) in [5.74, 6) is 2.62. The zero-order valence-electron chi connectivity index (χ0n) is 15.9. The van der Waals surface area contributed by atoms with Crippen molar-refractivity contribution in [3.8, 4) is 22.8 Å². The predicted octanol–water partition coefficient (Wildman–Crippen LogP) is 5.18. The van der Waals surface area contributed by atoms with E-state index in [4.69, 9.17) is 19.4 Å². The maximum absolute atomic E-state index is 5.57. The van der Waals surface area contributed by atoms with Crippen molar-refractivity contribution < 1.29 is 9.47 Å². The first-order valence-corrected chi connectivity index (χ1v) is 9.91. The summed E-state index contributed by atoms with van der Waals surface area (Å²) < 4.78 is 10.9. The van der Waals surface area contributed by atoms with Crippen molar-refractivity contribution in [2.75, 3.05) is 20.0 Å². The fraction of sp³-hybridized carbons (Fsp3) is 0.500. The molecule has 0 saturated heterocycles. The number of aryl methyl sites for hydroxylation is 2. The molecule has 136 valence electrons. The van der Waals surface area contributed by atoms with Gasteiger partial charge in [0, 0.05) is 11.6 Å². The van der Waals surface area contributed by atoms with Crippen LogP contribution in [0.5, 0.6) is 11.5 Å². The van der Waals surface area contributed by atoms with Gasteiger partial charge in [0.05, 0.1) is 31.3 Å². The fourth-order valence-electron chi connectivity index (χ4n) is 2.60. The van der Waals surface area contributed by atoms with Gasteiger partial charge in [-0.15, -0.1) is 11.8 Å². The minimum absolute atomic E-state index is 0.761. The van der Waals surface area contributed by atoms with E-state index in [1.54, 1.807) is 14.2 Å². The van der Waals surface area contributed by atoms with Gasteiger partial charge in [-0.1, -0.05) is 27.2 Å². The van der Waals surface area contributed by atoms with E-state index in [0.29, 0.717) is 0 Å². The number of benzene rings is 1. The lowest BCUT2D eigenvalue weighted by atomic mass is 10.1. The van der Waals surface area contributed by atoms with E-state index in [1.807, 2.05) is 30.0 Å². The van der Waals surface area contributed by atoms with Gasteiger partial charge in [0.15, 0.2) is 0 Å². The van der Waals surface area contributed by atoms with Crippen LogP contribution in [0.1, 0.15) is 45.0 Å². The monoisotopic (exact) mass is 360 g/mol. The summed E-state index contributed by atoms with van der Waals surface area (Å²) in [7, 11) is 3.33. The second-order valence-corrected chi connectivity index (χ2v) is 6.83. The fourth-order valence-corrected chi connectivity index (χ4v) is 3.76. The summed E-state index contributed by atoms with van der Waals surface area (Å²) in [6.45, 7) is 6.47. The summed E-state index contributed by atoms with van der Waals surface area (Å²) in [6, 6.07) is 5.84. The third-order valence-corrected chi connectivity index (χ3v) is 5.17. The van der Waals surface area contributed by atoms with Gasteiger partial charge in [-0.05, 0) is 37.1 Å². The highest BCUT2D eigenvalue weighted by atomic mass is 32.2. The molecule has 1 heterocycles. The van der Waals surface area contributed by atoms with Gasteiger partial charge in [-0.25, -0.2) is 9.97 Å². The van der Waals surface area contributed by atoms with Crippen molar-refractivity contribution >= 4 is 11.8 Å². The Bertz CT molecular complexity index is 704. The molecule has 25 heavy (non-hydrogen) atoms. The smallest absolute Gasteiger partial charge is 0.132 e. The molecule has 0 aliphatic heterocycles. The number of hydrogen-bond acceptors (Lipinski definition) is 5. The van der Waals surface area contributed by atoms with Crippen LogP contribution in [0.3, 0.4) is 0 Å². The number of aromatic nitrogens is 2. The number of ether oxygens (including phenoxy) is 2. The molecule has 0 atom stereocenters. The lowest BCUT2D eigenvalue weighted by Gasteiger charge is -2.15. The molecule has 5 heteroatoms. The van der Waals surface area contributed by atoms with Crippen LogP contribution in [-0.4, -0.2) is 29.9 Å². The molecule has 2 aromatic rings. The molecule has 0 aliphatic carbocycles. The van der Waals surface area contributed by atoms with Gasteiger partial charge in [0.25, 0.3) is 0 Å². The van der Waals surface area contributed by atoms with Crippen LogP contribution in [0.2, 0.25) is 0 Å². The minimum atomic E-state index is 0.761. The van der Waals surface area contributed by atoms with Gasteiger partial charge in [-0.2, -0.15) is 0 Å². The van der Waals surface area contributed by atoms with E-state index in [-0.39, 0.29) is 0 Å². The Morgan fingerprint density at radius 3 is 2.32 bits per heavy atom. The largest absolute Gasteiger partial charge is 0.497 e. The lowest BCUT2D eigenvalue weighted by Crippen LogP contribution is -2.05. The van der Waals surface area contributed by atoms with Crippen LogP contribution < -0.4 is 9.47 Å². The molecule has 0 radical (unpaired) electrons. The topological polar surface area (TPSA) is 44.2 Å². The number of thioether (sulfide) groups is 1. The quantitative estimate of drug-likeness (QED) is 0.455. The molecule has 4 nitrogen and oxygen atoms in total. The maximum atomic E-state index is 5.57. The van der Waals surface area contributed by atoms with Gasteiger partial charge >= 0.3 is 0 Å². The van der Waals surface area contributed by atoms with E-state index in [9.17, 15) is 0 Å². The highest BCUT2D eigenvalue weighted by molar-refractivity contribution is 7.99. The molecule has 1 aromatic carbocycles. The normalized spacial score (nSPS) is 10.8. The summed E-state index contributed by atoms with van der Waals surface area (Å²) in [6.07, 6.45) is 4.11. The Labute approximate surface area is 155 Å². The first-order chi connectivity index (χ1) is 12.2. The second-order valence-electron chi connectivity index (χ2n) is 5.75. The first kappa shape index (κ1) is 19.6. The van der Waals surface area contributed by atoms with Gasteiger partial charge in [0.1, 0.15) is 16.5 Å². The molecule has 1 aromatic heterocycles. The van der Waals surface area contributed by atoms with Crippen LogP contribution in [0.25, 0.3) is 11.3 Å². The van der Waals surface area contributed by atoms with Gasteiger partial charge < -0.3 is 9.47 Å². The molecule has 0 bridgehead atoms. The minimum Gasteiger partial charge on any atom is -0.497 e. The van der Waals surface area contributed by atoms with E-state index in [1.165, 1.54) is 12.8 Å². The van der Waals surface area contributed by atoms with Gasteiger partial charge in [0.2, 0.25) is 0 Å². The number of unbranched alkanes of at least 4 members (excludes halogenated alkanes) is 1. The average Bonchev–Trinajstić information content (AvgIpc) is 2.67. The predicted molar refractivity (Wildman–Crippen MR) is 105 cm³/mol. The van der Waals surface area contributed by atoms with E-state index in [0.717, 1.165) is 57.8 Å². The standard InChI is InChI=1S/C20H28N2O2S/c1-6-9-12-25-20-17(8-3)21-19(16(7-2)22-20)15-11-10-14(23-4)13-18(15)24-5/h10-11,13H,6-9,12H2,1-5H3. The van der Waals surface area contributed by atoms with Crippen LogP contribution in [-0.2, 0) is 12.8 Å². The first-order valence-electron chi connectivity index (χ1n) is 8.93. The third kappa shape index (κ3) is 4.66. The van der Waals surface area contributed by atoms with Crippen LogP contribution >= 0.6 is 11.8 Å². The van der Waals surface area contributed by atoms with Crippen molar-refractivity contribution in [3.05, 3.63) is 29.6 Å². The van der Waals surface area contributed by atoms with E-state index >= 15 is 0 Å². The van der Waals surface area contributed by atoms with Crippen molar-refractivity contribution in [3.63, 3.8) is 0 Å². The Balaban J connectivity index is 2.50. The Kier molecular flexibility index (Phi) is 7.56. The number of methoxy groups -OCH3 is 2. The van der Waals surface area contributed by atoms with Crippen LogP contribution in [0.15, 0.2) is 23.2 Å². The van der Waals surface area contributed by atoms with E-state index in [2.05, 4.69) is 20.8 Å². The average molecular weight is 361 g/mol. The molecule has 0 unspecified atom stereocenters. The summed E-state index contributed by atoms with van der Waals surface area (Å²) in [4.78, 5) is 9.91. The lowest BCUT2D eigenvalue weighted by molar-refractivity contribution is 0.395. The Morgan fingerprint density at radius 2 is 1.72 bits per heavy atom. The number of rotatable bonds is 9. The van der Waals surface area contributed by atoms with Crippen molar-refractivity contribution in [1.29, 1.82) is 0 Å². The maximum Gasteiger partial charge on any atom is 0.132 e.